The fourth-order valence-corrected chi connectivity index (χ4v) is 3.55. The fraction of sp³-hybridized carbons (Fsp3) is 0.350. The van der Waals surface area contributed by atoms with Crippen molar-refractivity contribution in [3.8, 4) is 11.5 Å². The number of aromatic amines is 1. The average Bonchev–Trinajstić information content (AvgIpc) is 2.66. The van der Waals surface area contributed by atoms with E-state index in [-0.39, 0.29) is 12.0 Å². The number of pyridine rings is 1. The monoisotopic (exact) mass is 386 g/mol. The first-order chi connectivity index (χ1) is 13.3. The zero-order valence-electron chi connectivity index (χ0n) is 15.9. The number of nitrogens with zero attached hydrogens (tertiary/aromatic N) is 1. The van der Waals surface area contributed by atoms with Crippen molar-refractivity contribution in [2.24, 2.45) is 0 Å². The first-order valence-corrected chi connectivity index (χ1v) is 8.83. The number of aryl methyl sites for hydroxylation is 1. The summed E-state index contributed by atoms with van der Waals surface area (Å²) in [6, 6.07) is 5.92. The van der Waals surface area contributed by atoms with Gasteiger partial charge in [-0.3, -0.25) is 14.4 Å². The van der Waals surface area contributed by atoms with Gasteiger partial charge in [0.1, 0.15) is 5.56 Å². The smallest absolute Gasteiger partial charge is 0.305 e. The number of rotatable bonds is 5. The number of hydrogen-bond acceptors (Lipinski definition) is 5. The molecule has 1 aromatic carbocycles. The minimum Gasteiger partial charge on any atom is -0.493 e. The minimum atomic E-state index is -1.04. The quantitative estimate of drug-likeness (QED) is 0.813. The Morgan fingerprint density at radius 3 is 2.50 bits per heavy atom. The maximum Gasteiger partial charge on any atom is 0.305 e. The van der Waals surface area contributed by atoms with E-state index in [1.807, 2.05) is 6.07 Å². The molecule has 0 aliphatic carbocycles. The molecule has 2 N–H and O–H groups in total. The van der Waals surface area contributed by atoms with Crippen LogP contribution in [0, 0.1) is 6.92 Å². The van der Waals surface area contributed by atoms with Crippen molar-refractivity contribution in [3.63, 3.8) is 0 Å². The first-order valence-electron chi connectivity index (χ1n) is 8.83. The fourth-order valence-electron chi connectivity index (χ4n) is 3.55. The molecule has 1 aliphatic rings. The van der Waals surface area contributed by atoms with Gasteiger partial charge < -0.3 is 24.5 Å². The van der Waals surface area contributed by atoms with E-state index in [4.69, 9.17) is 9.47 Å². The number of methoxy groups -OCH3 is 2. The molecule has 2 heterocycles. The molecule has 0 bridgehead atoms. The molecule has 1 aliphatic heterocycles. The third kappa shape index (κ3) is 3.58. The van der Waals surface area contributed by atoms with Gasteiger partial charge in [0.25, 0.3) is 11.5 Å². The maximum atomic E-state index is 13.1. The molecule has 1 aromatic heterocycles. The molecule has 0 fully saturated rings. The topological polar surface area (TPSA) is 109 Å². The summed E-state index contributed by atoms with van der Waals surface area (Å²) >= 11 is 0. The van der Waals surface area contributed by atoms with Gasteiger partial charge in [-0.05, 0) is 48.7 Å². The number of nitrogens with one attached hydrogen (secondary N) is 1. The van der Waals surface area contributed by atoms with Crippen molar-refractivity contribution in [1.82, 2.24) is 9.88 Å². The van der Waals surface area contributed by atoms with Crippen LogP contribution in [0.25, 0.3) is 0 Å². The summed E-state index contributed by atoms with van der Waals surface area (Å²) < 4.78 is 10.7. The predicted octanol–water partition coefficient (Wildman–Crippen LogP) is 1.91. The van der Waals surface area contributed by atoms with Crippen molar-refractivity contribution < 1.29 is 24.2 Å². The summed E-state index contributed by atoms with van der Waals surface area (Å²) in [6.45, 7) is 2.02. The highest BCUT2D eigenvalue weighted by atomic mass is 16.5. The molecule has 3 rings (SSSR count). The lowest BCUT2D eigenvalue weighted by atomic mass is 9.89. The van der Waals surface area contributed by atoms with Gasteiger partial charge in [-0.2, -0.15) is 0 Å². The molecular weight excluding hydrogens is 364 g/mol. The molecule has 2 aromatic rings. The van der Waals surface area contributed by atoms with E-state index in [0.29, 0.717) is 35.7 Å². The van der Waals surface area contributed by atoms with Gasteiger partial charge in [-0.15, -0.1) is 0 Å². The van der Waals surface area contributed by atoms with Crippen molar-refractivity contribution in [1.29, 1.82) is 0 Å². The van der Waals surface area contributed by atoms with Crippen LogP contribution < -0.4 is 15.0 Å². The highest BCUT2D eigenvalue weighted by Crippen LogP contribution is 2.39. The van der Waals surface area contributed by atoms with Crippen molar-refractivity contribution in [2.75, 3.05) is 20.8 Å². The normalized spacial score (nSPS) is 15.7. The molecule has 1 atom stereocenters. The second-order valence-corrected chi connectivity index (χ2v) is 6.65. The summed E-state index contributed by atoms with van der Waals surface area (Å²) in [6.07, 6.45) is 0.235. The Morgan fingerprint density at radius 2 is 1.89 bits per heavy atom. The lowest BCUT2D eigenvalue weighted by Gasteiger charge is -2.37. The summed E-state index contributed by atoms with van der Waals surface area (Å²) in [5.74, 6) is -0.527. The number of benzene rings is 1. The Kier molecular flexibility index (Phi) is 5.39. The lowest BCUT2D eigenvalue weighted by molar-refractivity contribution is -0.138. The highest BCUT2D eigenvalue weighted by molar-refractivity contribution is 5.94. The number of aromatic nitrogens is 1. The van der Waals surface area contributed by atoms with E-state index in [2.05, 4.69) is 4.98 Å². The summed E-state index contributed by atoms with van der Waals surface area (Å²) in [4.78, 5) is 40.9. The van der Waals surface area contributed by atoms with E-state index in [0.717, 1.165) is 5.56 Å². The number of ether oxygens (including phenoxy) is 2. The molecule has 8 heteroatoms. The number of carboxylic acids is 1. The van der Waals surface area contributed by atoms with Crippen LogP contribution in [0.15, 0.2) is 29.1 Å². The third-order valence-corrected chi connectivity index (χ3v) is 4.92. The van der Waals surface area contributed by atoms with Crippen LogP contribution in [0.4, 0.5) is 0 Å². The van der Waals surface area contributed by atoms with Crippen molar-refractivity contribution >= 4 is 11.9 Å². The number of amides is 1. The number of carboxylic acid groups (broad SMARTS) is 1. The van der Waals surface area contributed by atoms with Gasteiger partial charge >= 0.3 is 5.97 Å². The molecule has 0 saturated carbocycles. The number of carbonyl (C=O) groups is 2. The predicted molar refractivity (Wildman–Crippen MR) is 101 cm³/mol. The summed E-state index contributed by atoms with van der Waals surface area (Å²) in [7, 11) is 3.02. The first kappa shape index (κ1) is 19.5. The second kappa shape index (κ2) is 7.75. The molecular formula is C20H22N2O6. The van der Waals surface area contributed by atoms with Crippen LogP contribution in [0.2, 0.25) is 0 Å². The van der Waals surface area contributed by atoms with Crippen molar-refractivity contribution in [2.45, 2.75) is 25.8 Å². The van der Waals surface area contributed by atoms with Gasteiger partial charge in [-0.1, -0.05) is 0 Å². The molecule has 148 valence electrons. The van der Waals surface area contributed by atoms with E-state index >= 15 is 0 Å². The highest BCUT2D eigenvalue weighted by Gasteiger charge is 2.34. The van der Waals surface area contributed by atoms with Crippen molar-refractivity contribution in [3.05, 3.63) is 57.0 Å². The molecule has 0 saturated heterocycles. The molecule has 8 nitrogen and oxygen atoms in total. The van der Waals surface area contributed by atoms with Gasteiger partial charge in [0, 0.05) is 12.2 Å². The van der Waals surface area contributed by atoms with E-state index in [9.17, 15) is 19.5 Å². The van der Waals surface area contributed by atoms with Crippen LogP contribution >= 0.6 is 0 Å². The summed E-state index contributed by atoms with van der Waals surface area (Å²) in [5.41, 5.74) is 1.72. The van der Waals surface area contributed by atoms with E-state index < -0.39 is 23.5 Å². The average molecular weight is 386 g/mol. The van der Waals surface area contributed by atoms with Gasteiger partial charge in [-0.25, -0.2) is 0 Å². The lowest BCUT2D eigenvalue weighted by Crippen LogP contribution is -2.42. The number of hydrogen-bond donors (Lipinski definition) is 2. The number of aliphatic carboxylic acids is 1. The molecule has 1 amide bonds. The van der Waals surface area contributed by atoms with Crippen LogP contribution in [-0.4, -0.2) is 47.6 Å². The van der Waals surface area contributed by atoms with Crippen LogP contribution in [-0.2, 0) is 11.2 Å². The second-order valence-electron chi connectivity index (χ2n) is 6.65. The summed E-state index contributed by atoms with van der Waals surface area (Å²) in [5, 5.41) is 9.42. The Bertz CT molecular complexity index is 981. The molecule has 0 radical (unpaired) electrons. The maximum absolute atomic E-state index is 13.1. The standard InChI is InChI=1S/C20H22N2O6/c1-11-4-5-13(19(25)21-11)20(26)22-7-6-12-8-16(27-2)17(28-3)9-14(12)15(22)10-18(23)24/h4-5,8-9,15H,6-7,10H2,1-3H3,(H,21,25)(H,23,24). The number of carbonyl (C=O) groups excluding carboxylic acids is 1. The molecule has 1 unspecified atom stereocenters. The Hall–Kier alpha value is -3.29. The Balaban J connectivity index is 2.07. The number of H-pyrrole nitrogens is 1. The van der Waals surface area contributed by atoms with Gasteiger partial charge in [0.2, 0.25) is 0 Å². The zero-order valence-corrected chi connectivity index (χ0v) is 15.9. The van der Waals surface area contributed by atoms with Gasteiger partial charge in [0.05, 0.1) is 26.7 Å². The SMILES string of the molecule is COc1cc2c(cc1OC)C(CC(=O)O)N(C(=O)c1ccc(C)[nH]c1=O)CC2. The minimum absolute atomic E-state index is 0.00934. The largest absolute Gasteiger partial charge is 0.493 e. The van der Waals surface area contributed by atoms with E-state index in [1.165, 1.54) is 25.2 Å². The van der Waals surface area contributed by atoms with Gasteiger partial charge in [0.15, 0.2) is 11.5 Å². The Morgan fingerprint density at radius 1 is 1.21 bits per heavy atom. The Labute approximate surface area is 161 Å². The van der Waals surface area contributed by atoms with Crippen LogP contribution in [0.1, 0.15) is 39.6 Å². The van der Waals surface area contributed by atoms with Crippen LogP contribution in [0.3, 0.4) is 0 Å². The molecule has 0 spiro atoms. The van der Waals surface area contributed by atoms with E-state index in [1.54, 1.807) is 19.1 Å². The third-order valence-electron chi connectivity index (χ3n) is 4.92. The molecule has 28 heavy (non-hydrogen) atoms. The zero-order chi connectivity index (χ0) is 20.4. The van der Waals surface area contributed by atoms with Crippen LogP contribution in [0.5, 0.6) is 11.5 Å². The number of fused-ring (bicyclic) bond motifs is 1.